The van der Waals surface area contributed by atoms with Crippen molar-refractivity contribution in [2.75, 3.05) is 0 Å². The molecule has 0 aromatic rings. The molecule has 28 heavy (non-hydrogen) atoms. The minimum absolute atomic E-state index is 0.303. The normalized spacial score (nSPS) is 48.2. The molecule has 9 atom stereocenters. The van der Waals surface area contributed by atoms with Crippen LogP contribution in [-0.4, -0.2) is 62.0 Å². The van der Waals surface area contributed by atoms with Crippen LogP contribution in [-0.2, 0) is 14.3 Å². The van der Waals surface area contributed by atoms with Gasteiger partial charge in [0.25, 0.3) is 0 Å². The van der Waals surface area contributed by atoms with Crippen molar-refractivity contribution in [2.45, 2.75) is 96.9 Å². The van der Waals surface area contributed by atoms with E-state index in [0.717, 1.165) is 5.57 Å². The van der Waals surface area contributed by atoms with E-state index in [1.807, 2.05) is 6.92 Å². The summed E-state index contributed by atoms with van der Waals surface area (Å²) in [7, 11) is 0. The van der Waals surface area contributed by atoms with Crippen LogP contribution in [0.2, 0.25) is 0 Å². The van der Waals surface area contributed by atoms with Crippen molar-refractivity contribution in [3.8, 4) is 0 Å². The van der Waals surface area contributed by atoms with Gasteiger partial charge in [-0.1, -0.05) is 20.8 Å². The van der Waals surface area contributed by atoms with Crippen LogP contribution in [0.25, 0.3) is 0 Å². The van der Waals surface area contributed by atoms with E-state index in [0.29, 0.717) is 18.6 Å². The average molecular weight is 401 g/mol. The number of carbonyl (C=O) groups is 1. The van der Waals surface area contributed by atoms with Gasteiger partial charge in [-0.15, -0.1) is 0 Å². The number of cyclic esters (lactones) is 1. The van der Waals surface area contributed by atoms with Gasteiger partial charge in [-0.05, 0) is 39.7 Å². The molecule has 1 fully saturated rings. The summed E-state index contributed by atoms with van der Waals surface area (Å²) in [6.07, 6.45) is -3.47. The van der Waals surface area contributed by atoms with Crippen LogP contribution >= 0.6 is 0 Å². The predicted molar refractivity (Wildman–Crippen MR) is 103 cm³/mol. The number of fused-ring (bicyclic) bond motifs is 2. The second-order valence-corrected chi connectivity index (χ2v) is 9.15. The van der Waals surface area contributed by atoms with Crippen molar-refractivity contribution in [2.24, 2.45) is 17.8 Å². The van der Waals surface area contributed by atoms with Crippen LogP contribution in [0.1, 0.15) is 61.3 Å². The lowest BCUT2D eigenvalue weighted by Gasteiger charge is -2.47. The molecule has 2 bridgehead atoms. The Labute approximate surface area is 167 Å². The molecule has 7 heteroatoms. The van der Waals surface area contributed by atoms with Gasteiger partial charge >= 0.3 is 5.97 Å². The van der Waals surface area contributed by atoms with E-state index >= 15 is 0 Å². The third-order valence-corrected chi connectivity index (χ3v) is 6.58. The molecule has 0 unspecified atom stereocenters. The van der Waals surface area contributed by atoms with Crippen molar-refractivity contribution >= 4 is 5.97 Å². The van der Waals surface area contributed by atoms with Crippen LogP contribution in [0.3, 0.4) is 0 Å². The maximum atomic E-state index is 12.6. The van der Waals surface area contributed by atoms with Crippen molar-refractivity contribution in [3.05, 3.63) is 11.3 Å². The fourth-order valence-electron chi connectivity index (χ4n) is 4.74. The molecule has 2 rings (SSSR count). The maximum absolute atomic E-state index is 12.6. The van der Waals surface area contributed by atoms with Gasteiger partial charge in [0.2, 0.25) is 0 Å². The average Bonchev–Trinajstić information content (AvgIpc) is 2.61. The zero-order valence-electron chi connectivity index (χ0n) is 18.0. The molecule has 4 N–H and O–H groups in total. The molecule has 162 valence electrons. The van der Waals surface area contributed by atoms with Crippen molar-refractivity contribution in [3.63, 3.8) is 0 Å². The summed E-state index contributed by atoms with van der Waals surface area (Å²) < 4.78 is 11.7. The van der Waals surface area contributed by atoms with E-state index in [9.17, 15) is 25.2 Å². The molecule has 0 saturated carbocycles. The molecule has 2 aliphatic rings. The fourth-order valence-corrected chi connectivity index (χ4v) is 4.74. The largest absolute Gasteiger partial charge is 0.491 e. The molecule has 2 heterocycles. The van der Waals surface area contributed by atoms with Gasteiger partial charge in [0.1, 0.15) is 29.2 Å². The molecule has 0 spiro atoms. The molecule has 7 nitrogen and oxygen atoms in total. The van der Waals surface area contributed by atoms with E-state index in [2.05, 4.69) is 0 Å². The van der Waals surface area contributed by atoms with Crippen molar-refractivity contribution in [1.82, 2.24) is 0 Å². The first-order chi connectivity index (χ1) is 12.8. The highest BCUT2D eigenvalue weighted by Gasteiger charge is 2.51. The molecule has 0 radical (unpaired) electrons. The monoisotopic (exact) mass is 400 g/mol. The lowest BCUT2D eigenvalue weighted by molar-refractivity contribution is -0.202. The van der Waals surface area contributed by atoms with Gasteiger partial charge < -0.3 is 29.9 Å². The third-order valence-electron chi connectivity index (χ3n) is 6.58. The van der Waals surface area contributed by atoms with E-state index in [-0.39, 0.29) is 0 Å². The molecule has 0 aromatic heterocycles. The second-order valence-electron chi connectivity index (χ2n) is 9.15. The summed E-state index contributed by atoms with van der Waals surface area (Å²) in [6, 6.07) is 0. The number of hydrogen-bond donors (Lipinski definition) is 4. The fraction of sp³-hybridized carbons (Fsp3) is 0.857. The lowest BCUT2D eigenvalue weighted by atomic mass is 9.75. The number of aliphatic hydroxyl groups is 4. The Hall–Kier alpha value is -1.15. The Balaban J connectivity index is 2.59. The maximum Gasteiger partial charge on any atom is 0.311 e. The Bertz CT molecular complexity index is 624. The zero-order chi connectivity index (χ0) is 21.6. The van der Waals surface area contributed by atoms with Gasteiger partial charge in [-0.25, -0.2) is 0 Å². The lowest BCUT2D eigenvalue weighted by Crippen LogP contribution is -2.58. The van der Waals surface area contributed by atoms with Crippen LogP contribution in [0.4, 0.5) is 0 Å². The van der Waals surface area contributed by atoms with Crippen molar-refractivity contribution in [1.29, 1.82) is 0 Å². The summed E-state index contributed by atoms with van der Waals surface area (Å²) in [5.41, 5.74) is -2.19. The molecule has 0 aliphatic carbocycles. The van der Waals surface area contributed by atoms with Gasteiger partial charge in [-0.3, -0.25) is 4.79 Å². The van der Waals surface area contributed by atoms with Gasteiger partial charge in [0, 0.05) is 18.3 Å². The molecule has 0 amide bonds. The summed E-state index contributed by atoms with van der Waals surface area (Å²) in [5.74, 6) is -2.21. The molecular formula is C21H36O7. The van der Waals surface area contributed by atoms with Crippen LogP contribution in [0.15, 0.2) is 11.3 Å². The number of esters is 1. The Morgan fingerprint density at radius 3 is 2.18 bits per heavy atom. The number of hydrogen-bond acceptors (Lipinski definition) is 7. The number of aliphatic hydroxyl groups excluding tert-OH is 2. The minimum Gasteiger partial charge on any atom is -0.491 e. The summed E-state index contributed by atoms with van der Waals surface area (Å²) in [6.45, 7) is 11.7. The SMILES string of the molecule is CC[C@H]1OC(=O)[C@H](C)[C@@H](O)[C@H](C)[C@H]2OC(=C(C)C[C@@]2(C)O)[C@H](C)[C@@H](O)[C@]1(C)O. The molecular weight excluding hydrogens is 364 g/mol. The van der Waals surface area contributed by atoms with Crippen molar-refractivity contribution < 1.29 is 34.7 Å². The summed E-state index contributed by atoms with van der Waals surface area (Å²) in [4.78, 5) is 12.6. The molecule has 0 aromatic carbocycles. The van der Waals surface area contributed by atoms with Gasteiger partial charge in [0.15, 0.2) is 0 Å². The van der Waals surface area contributed by atoms with E-state index in [4.69, 9.17) is 9.47 Å². The van der Waals surface area contributed by atoms with Crippen LogP contribution < -0.4 is 0 Å². The Kier molecular flexibility index (Phi) is 6.56. The number of rotatable bonds is 1. The first kappa shape index (κ1) is 23.1. The third kappa shape index (κ3) is 3.95. The zero-order valence-corrected chi connectivity index (χ0v) is 18.0. The molecule has 2 aliphatic heterocycles. The topological polar surface area (TPSA) is 116 Å². The Morgan fingerprint density at radius 1 is 1.07 bits per heavy atom. The standard InChI is InChI=1S/C21H36O7/c1-8-14-21(7,26)17(23)13(5)16-10(2)9-20(6,25)18(28-16)11(3)15(22)12(4)19(24)27-14/h11-15,17-18,22-23,25-26H,8-9H2,1-7H3/t11-,12+,13-,14+,15-,17+,18+,20+,21+/m0/s1. The predicted octanol–water partition coefficient (Wildman–Crippen LogP) is 1.52. The smallest absolute Gasteiger partial charge is 0.311 e. The van der Waals surface area contributed by atoms with Crippen LogP contribution in [0.5, 0.6) is 0 Å². The van der Waals surface area contributed by atoms with Gasteiger partial charge in [-0.2, -0.15) is 0 Å². The van der Waals surface area contributed by atoms with E-state index < -0.39 is 59.3 Å². The van der Waals surface area contributed by atoms with E-state index in [1.165, 1.54) is 6.92 Å². The van der Waals surface area contributed by atoms with E-state index in [1.54, 1.807) is 34.6 Å². The first-order valence-corrected chi connectivity index (χ1v) is 10.1. The number of ether oxygens (including phenoxy) is 2. The number of carbonyl (C=O) groups excluding carboxylic acids is 1. The highest BCUT2D eigenvalue weighted by atomic mass is 16.6. The molecule has 1 saturated heterocycles. The van der Waals surface area contributed by atoms with Gasteiger partial charge in [0.05, 0.1) is 18.1 Å². The second kappa shape index (κ2) is 7.94. The van der Waals surface area contributed by atoms with Crippen LogP contribution in [0, 0.1) is 17.8 Å². The highest BCUT2D eigenvalue weighted by Crippen LogP contribution is 2.42. The summed E-state index contributed by atoms with van der Waals surface area (Å²) in [5, 5.41) is 43.7. The first-order valence-electron chi connectivity index (χ1n) is 10.1. The minimum atomic E-state index is -1.72. The highest BCUT2D eigenvalue weighted by molar-refractivity contribution is 5.73. The summed E-state index contributed by atoms with van der Waals surface area (Å²) >= 11 is 0. The Morgan fingerprint density at radius 2 is 1.64 bits per heavy atom. The quantitative estimate of drug-likeness (QED) is 0.493.